The van der Waals surface area contributed by atoms with Gasteiger partial charge in [0.25, 0.3) is 0 Å². The van der Waals surface area contributed by atoms with Crippen LogP contribution in [0.2, 0.25) is 0 Å². The Hall–Kier alpha value is -1.94. The Bertz CT molecular complexity index is 553. The highest BCUT2D eigenvalue weighted by Crippen LogP contribution is 2.22. The lowest BCUT2D eigenvalue weighted by atomic mass is 10.1. The summed E-state index contributed by atoms with van der Waals surface area (Å²) in [7, 11) is 1.60. The first-order chi connectivity index (χ1) is 9.08. The Balaban J connectivity index is 2.33. The average molecular weight is 258 g/mol. The predicted octanol–water partition coefficient (Wildman–Crippen LogP) is 3.13. The average Bonchev–Trinajstić information content (AvgIpc) is 2.38. The zero-order chi connectivity index (χ0) is 13.8. The largest absolute Gasteiger partial charge is 0.448 e. The van der Waals surface area contributed by atoms with Gasteiger partial charge in [0.1, 0.15) is 5.82 Å². The normalized spacial score (nSPS) is 12.2. The third-order valence-electron chi connectivity index (χ3n) is 2.78. The van der Waals surface area contributed by atoms with Crippen molar-refractivity contribution in [2.75, 3.05) is 7.11 Å². The smallest absolute Gasteiger partial charge is 0.219 e. The van der Waals surface area contributed by atoms with Gasteiger partial charge in [0.05, 0.1) is 5.69 Å². The van der Waals surface area contributed by atoms with E-state index in [1.807, 2.05) is 32.0 Å². The van der Waals surface area contributed by atoms with Crippen LogP contribution in [-0.4, -0.2) is 23.4 Å². The molecule has 0 radical (unpaired) electrons. The van der Waals surface area contributed by atoms with Crippen molar-refractivity contribution in [3.05, 3.63) is 41.7 Å². The highest BCUT2D eigenvalue weighted by molar-refractivity contribution is 5.60. The van der Waals surface area contributed by atoms with Gasteiger partial charge in [-0.15, -0.1) is 0 Å². The van der Waals surface area contributed by atoms with Gasteiger partial charge in [0, 0.05) is 18.7 Å². The second kappa shape index (κ2) is 5.80. The molecule has 2 aromatic rings. The maximum atomic E-state index is 5.56. The zero-order valence-corrected chi connectivity index (χ0v) is 11.7. The first-order valence-electron chi connectivity index (χ1n) is 6.20. The van der Waals surface area contributed by atoms with Crippen LogP contribution in [0.15, 0.2) is 30.3 Å². The van der Waals surface area contributed by atoms with Crippen LogP contribution in [-0.2, 0) is 4.74 Å². The number of hydrogen-bond donors (Lipinski definition) is 0. The number of hydrogen-bond acceptors (Lipinski definition) is 4. The van der Waals surface area contributed by atoms with Gasteiger partial charge in [0.2, 0.25) is 5.88 Å². The molecule has 4 nitrogen and oxygen atoms in total. The lowest BCUT2D eigenvalue weighted by Gasteiger charge is -2.13. The van der Waals surface area contributed by atoms with E-state index in [0.717, 1.165) is 11.3 Å². The van der Waals surface area contributed by atoms with Gasteiger partial charge in [-0.05, 0) is 20.8 Å². The monoisotopic (exact) mass is 258 g/mol. The van der Waals surface area contributed by atoms with Gasteiger partial charge in [-0.2, -0.15) is 4.98 Å². The molecule has 0 saturated heterocycles. The molecule has 0 N–H and O–H groups in total. The molecule has 4 heteroatoms. The van der Waals surface area contributed by atoms with Crippen molar-refractivity contribution in [3.8, 4) is 17.1 Å². The number of aryl methyl sites for hydroxylation is 2. The van der Waals surface area contributed by atoms with Gasteiger partial charge >= 0.3 is 0 Å². The molecule has 1 aromatic carbocycles. The molecule has 1 heterocycles. The number of methoxy groups -OCH3 is 1. The number of nitrogens with zero attached hydrogens (tertiary/aromatic N) is 2. The molecule has 0 aliphatic rings. The Morgan fingerprint density at radius 2 is 1.74 bits per heavy atom. The highest BCUT2D eigenvalue weighted by Gasteiger charge is 2.08. The van der Waals surface area contributed by atoms with Crippen LogP contribution in [0, 0.1) is 13.8 Å². The predicted molar refractivity (Wildman–Crippen MR) is 74.0 cm³/mol. The van der Waals surface area contributed by atoms with Gasteiger partial charge in [-0.1, -0.05) is 29.8 Å². The van der Waals surface area contributed by atoms with E-state index in [0.29, 0.717) is 11.7 Å². The number of rotatable bonds is 4. The topological polar surface area (TPSA) is 44.2 Å². The summed E-state index contributed by atoms with van der Waals surface area (Å²) >= 11 is 0. The number of ether oxygens (including phenoxy) is 2. The SMILES string of the molecule is COC(C)Oc1cc(-c2ccc(C)cc2)nc(C)n1. The van der Waals surface area contributed by atoms with E-state index in [1.165, 1.54) is 5.56 Å². The first-order valence-corrected chi connectivity index (χ1v) is 6.20. The molecule has 0 fully saturated rings. The minimum absolute atomic E-state index is 0.333. The zero-order valence-electron chi connectivity index (χ0n) is 11.7. The molecule has 0 aliphatic carbocycles. The second-order valence-corrected chi connectivity index (χ2v) is 4.43. The summed E-state index contributed by atoms with van der Waals surface area (Å²) in [5.41, 5.74) is 3.12. The quantitative estimate of drug-likeness (QED) is 0.790. The van der Waals surface area contributed by atoms with Crippen molar-refractivity contribution in [3.63, 3.8) is 0 Å². The van der Waals surface area contributed by atoms with Crippen LogP contribution in [0.4, 0.5) is 0 Å². The maximum Gasteiger partial charge on any atom is 0.219 e. The Morgan fingerprint density at radius 3 is 2.37 bits per heavy atom. The molecule has 0 amide bonds. The summed E-state index contributed by atoms with van der Waals surface area (Å²) in [5.74, 6) is 1.20. The summed E-state index contributed by atoms with van der Waals surface area (Å²) in [6.45, 7) is 5.73. The van der Waals surface area contributed by atoms with Crippen LogP contribution in [0.3, 0.4) is 0 Å². The van der Waals surface area contributed by atoms with E-state index in [2.05, 4.69) is 29.0 Å². The van der Waals surface area contributed by atoms with Crippen molar-refractivity contribution in [2.45, 2.75) is 27.1 Å². The van der Waals surface area contributed by atoms with Crippen LogP contribution >= 0.6 is 0 Å². The molecule has 100 valence electrons. The minimum atomic E-state index is -0.333. The van der Waals surface area contributed by atoms with Gasteiger partial charge in [-0.25, -0.2) is 4.98 Å². The lowest BCUT2D eigenvalue weighted by Crippen LogP contribution is -2.15. The van der Waals surface area contributed by atoms with Crippen LogP contribution < -0.4 is 4.74 Å². The molecule has 0 bridgehead atoms. The van der Waals surface area contributed by atoms with Gasteiger partial charge in [-0.3, -0.25) is 0 Å². The molecule has 0 saturated carbocycles. The Labute approximate surface area is 113 Å². The van der Waals surface area contributed by atoms with E-state index in [1.54, 1.807) is 7.11 Å². The summed E-state index contributed by atoms with van der Waals surface area (Å²) in [4.78, 5) is 8.69. The standard InChI is InChI=1S/C15H18N2O2/c1-10-5-7-13(8-6-10)14-9-15(17-11(2)16-14)19-12(3)18-4/h5-9,12H,1-4H3. The van der Waals surface area contributed by atoms with E-state index in [-0.39, 0.29) is 6.29 Å². The maximum absolute atomic E-state index is 5.56. The number of aromatic nitrogens is 2. The van der Waals surface area contributed by atoms with Crippen LogP contribution in [0.5, 0.6) is 5.88 Å². The molecule has 2 rings (SSSR count). The van der Waals surface area contributed by atoms with E-state index in [9.17, 15) is 0 Å². The molecule has 0 spiro atoms. The highest BCUT2D eigenvalue weighted by atomic mass is 16.7. The summed E-state index contributed by atoms with van der Waals surface area (Å²) in [6.07, 6.45) is -0.333. The summed E-state index contributed by atoms with van der Waals surface area (Å²) in [5, 5.41) is 0. The fraction of sp³-hybridized carbons (Fsp3) is 0.333. The molecule has 1 unspecified atom stereocenters. The minimum Gasteiger partial charge on any atom is -0.448 e. The molecule has 1 atom stereocenters. The van der Waals surface area contributed by atoms with E-state index >= 15 is 0 Å². The van der Waals surface area contributed by atoms with Crippen molar-refractivity contribution in [1.82, 2.24) is 9.97 Å². The van der Waals surface area contributed by atoms with Crippen LogP contribution in [0.25, 0.3) is 11.3 Å². The fourth-order valence-electron chi connectivity index (χ4n) is 1.69. The third-order valence-corrected chi connectivity index (χ3v) is 2.78. The van der Waals surface area contributed by atoms with E-state index < -0.39 is 0 Å². The fourth-order valence-corrected chi connectivity index (χ4v) is 1.69. The first kappa shape index (κ1) is 13.5. The summed E-state index contributed by atoms with van der Waals surface area (Å²) < 4.78 is 10.6. The van der Waals surface area contributed by atoms with Crippen LogP contribution in [0.1, 0.15) is 18.3 Å². The van der Waals surface area contributed by atoms with Gasteiger partial charge < -0.3 is 9.47 Å². The second-order valence-electron chi connectivity index (χ2n) is 4.43. The summed E-state index contributed by atoms with van der Waals surface area (Å²) in [6, 6.07) is 10.0. The Kier molecular flexibility index (Phi) is 4.12. The molecular weight excluding hydrogens is 240 g/mol. The Morgan fingerprint density at radius 1 is 1.05 bits per heavy atom. The van der Waals surface area contributed by atoms with Crippen molar-refractivity contribution in [1.29, 1.82) is 0 Å². The molecule has 19 heavy (non-hydrogen) atoms. The van der Waals surface area contributed by atoms with E-state index in [4.69, 9.17) is 9.47 Å². The molecule has 1 aromatic heterocycles. The number of benzene rings is 1. The lowest BCUT2D eigenvalue weighted by molar-refractivity contribution is -0.0410. The molecular formula is C15H18N2O2. The molecule has 0 aliphatic heterocycles. The van der Waals surface area contributed by atoms with Crippen molar-refractivity contribution in [2.24, 2.45) is 0 Å². The van der Waals surface area contributed by atoms with Gasteiger partial charge in [0.15, 0.2) is 6.29 Å². The third kappa shape index (κ3) is 3.51. The van der Waals surface area contributed by atoms with Crippen molar-refractivity contribution < 1.29 is 9.47 Å². The van der Waals surface area contributed by atoms with Crippen molar-refractivity contribution >= 4 is 0 Å².